The van der Waals surface area contributed by atoms with Crippen molar-refractivity contribution in [3.05, 3.63) is 78.1 Å². The highest BCUT2D eigenvalue weighted by Gasteiger charge is 2.04. The van der Waals surface area contributed by atoms with E-state index in [4.69, 9.17) is 4.74 Å². The summed E-state index contributed by atoms with van der Waals surface area (Å²) in [6, 6.07) is 14.1. The van der Waals surface area contributed by atoms with Crippen molar-refractivity contribution in [3.63, 3.8) is 0 Å². The molecule has 0 radical (unpaired) electrons. The Balaban J connectivity index is 1.51. The number of rotatable bonds is 8. The van der Waals surface area contributed by atoms with Crippen molar-refractivity contribution in [3.8, 4) is 5.75 Å². The molecular weight excluding hydrogens is 312 g/mol. The van der Waals surface area contributed by atoms with Crippen LogP contribution in [0.3, 0.4) is 0 Å². The summed E-state index contributed by atoms with van der Waals surface area (Å²) in [7, 11) is 2.13. The molecule has 0 N–H and O–H groups in total. The SMILES string of the molecule is Cc1nccn1CCN(C)Cc1cccc(OCc2ccccn2)c1. The van der Waals surface area contributed by atoms with Crippen molar-refractivity contribution in [1.82, 2.24) is 19.4 Å². The van der Waals surface area contributed by atoms with E-state index in [-0.39, 0.29) is 0 Å². The Kier molecular flexibility index (Phi) is 5.80. The molecule has 0 saturated carbocycles. The van der Waals surface area contributed by atoms with Gasteiger partial charge in [0.15, 0.2) is 0 Å². The van der Waals surface area contributed by atoms with Gasteiger partial charge in [-0.3, -0.25) is 4.98 Å². The van der Waals surface area contributed by atoms with Gasteiger partial charge < -0.3 is 14.2 Å². The molecule has 25 heavy (non-hydrogen) atoms. The van der Waals surface area contributed by atoms with Crippen LogP contribution in [0.2, 0.25) is 0 Å². The van der Waals surface area contributed by atoms with Gasteiger partial charge in [-0.05, 0) is 43.8 Å². The molecule has 0 fully saturated rings. The lowest BCUT2D eigenvalue weighted by atomic mass is 10.2. The first-order chi connectivity index (χ1) is 12.2. The van der Waals surface area contributed by atoms with Crippen molar-refractivity contribution in [2.45, 2.75) is 26.6 Å². The minimum absolute atomic E-state index is 0.486. The molecule has 0 aliphatic rings. The second-order valence-corrected chi connectivity index (χ2v) is 6.16. The average Bonchev–Trinajstić information content (AvgIpc) is 3.04. The fourth-order valence-electron chi connectivity index (χ4n) is 2.68. The first kappa shape index (κ1) is 17.2. The summed E-state index contributed by atoms with van der Waals surface area (Å²) in [4.78, 5) is 10.8. The molecule has 3 rings (SSSR count). The monoisotopic (exact) mass is 336 g/mol. The van der Waals surface area contributed by atoms with Crippen LogP contribution in [0.15, 0.2) is 61.1 Å². The topological polar surface area (TPSA) is 43.2 Å². The van der Waals surface area contributed by atoms with Crippen LogP contribution in [0, 0.1) is 6.92 Å². The van der Waals surface area contributed by atoms with Crippen LogP contribution in [0.5, 0.6) is 5.75 Å². The molecule has 1 aromatic carbocycles. The maximum atomic E-state index is 5.86. The zero-order chi connectivity index (χ0) is 17.5. The van der Waals surface area contributed by atoms with Gasteiger partial charge in [-0.25, -0.2) is 4.98 Å². The largest absolute Gasteiger partial charge is 0.487 e. The standard InChI is InChI=1S/C20H24N4O/c1-17-21-10-11-24(17)13-12-23(2)15-18-6-5-8-20(14-18)25-16-19-7-3-4-9-22-19/h3-11,14H,12-13,15-16H2,1-2H3. The fourth-order valence-corrected chi connectivity index (χ4v) is 2.68. The highest BCUT2D eigenvalue weighted by atomic mass is 16.5. The highest BCUT2D eigenvalue weighted by molar-refractivity contribution is 5.28. The molecule has 5 nitrogen and oxygen atoms in total. The van der Waals surface area contributed by atoms with Gasteiger partial charge in [0, 0.05) is 38.2 Å². The maximum Gasteiger partial charge on any atom is 0.130 e. The Morgan fingerprint density at radius 3 is 2.76 bits per heavy atom. The number of nitrogens with zero attached hydrogens (tertiary/aromatic N) is 4. The van der Waals surface area contributed by atoms with Gasteiger partial charge in [0.1, 0.15) is 18.2 Å². The van der Waals surface area contributed by atoms with E-state index in [1.54, 1.807) is 6.20 Å². The molecule has 5 heteroatoms. The molecule has 0 spiro atoms. The van der Waals surface area contributed by atoms with Gasteiger partial charge in [0.2, 0.25) is 0 Å². The average molecular weight is 336 g/mol. The molecule has 130 valence electrons. The van der Waals surface area contributed by atoms with Gasteiger partial charge in [-0.2, -0.15) is 0 Å². The molecule has 2 heterocycles. The molecule has 2 aromatic heterocycles. The number of aryl methyl sites for hydroxylation is 1. The number of aromatic nitrogens is 3. The molecule has 0 bridgehead atoms. The van der Waals surface area contributed by atoms with E-state index >= 15 is 0 Å². The number of benzene rings is 1. The van der Waals surface area contributed by atoms with Crippen LogP contribution >= 0.6 is 0 Å². The van der Waals surface area contributed by atoms with Gasteiger partial charge >= 0.3 is 0 Å². The van der Waals surface area contributed by atoms with Crippen LogP contribution in [0.25, 0.3) is 0 Å². The lowest BCUT2D eigenvalue weighted by Gasteiger charge is -2.18. The van der Waals surface area contributed by atoms with E-state index in [1.165, 1.54) is 5.56 Å². The van der Waals surface area contributed by atoms with Crippen LogP contribution in [-0.4, -0.2) is 33.0 Å². The van der Waals surface area contributed by atoms with Gasteiger partial charge in [0.25, 0.3) is 0 Å². The zero-order valence-corrected chi connectivity index (χ0v) is 14.8. The van der Waals surface area contributed by atoms with E-state index in [2.05, 4.69) is 38.6 Å². The Morgan fingerprint density at radius 1 is 1.08 bits per heavy atom. The first-order valence-corrected chi connectivity index (χ1v) is 8.48. The van der Waals surface area contributed by atoms with Crippen molar-refractivity contribution in [2.75, 3.05) is 13.6 Å². The van der Waals surface area contributed by atoms with Crippen molar-refractivity contribution >= 4 is 0 Å². The Hall–Kier alpha value is -2.66. The Morgan fingerprint density at radius 2 is 2.00 bits per heavy atom. The molecule has 0 atom stereocenters. The van der Waals surface area contributed by atoms with Gasteiger partial charge in [0.05, 0.1) is 5.69 Å². The third-order valence-corrected chi connectivity index (χ3v) is 4.11. The third-order valence-electron chi connectivity index (χ3n) is 4.11. The van der Waals surface area contributed by atoms with Gasteiger partial charge in [-0.1, -0.05) is 18.2 Å². The van der Waals surface area contributed by atoms with E-state index in [0.717, 1.165) is 36.9 Å². The summed E-state index contributed by atoms with van der Waals surface area (Å²) in [5.74, 6) is 1.93. The van der Waals surface area contributed by atoms with Crippen LogP contribution in [-0.2, 0) is 19.7 Å². The zero-order valence-electron chi connectivity index (χ0n) is 14.8. The molecule has 0 aliphatic heterocycles. The van der Waals surface area contributed by atoms with E-state index < -0.39 is 0 Å². The third kappa shape index (κ3) is 5.16. The quantitative estimate of drug-likeness (QED) is 0.633. The maximum absolute atomic E-state index is 5.86. The number of imidazole rings is 1. The van der Waals surface area contributed by atoms with Crippen molar-refractivity contribution in [1.29, 1.82) is 0 Å². The summed E-state index contributed by atoms with van der Waals surface area (Å²) in [6.45, 7) is 5.31. The smallest absolute Gasteiger partial charge is 0.130 e. The molecule has 0 amide bonds. The second-order valence-electron chi connectivity index (χ2n) is 6.16. The summed E-state index contributed by atoms with van der Waals surface area (Å²) < 4.78 is 8.03. The minimum atomic E-state index is 0.486. The Labute approximate surface area is 148 Å². The van der Waals surface area contributed by atoms with E-state index in [0.29, 0.717) is 6.61 Å². The Bertz CT molecular complexity index is 785. The minimum Gasteiger partial charge on any atom is -0.487 e. The molecule has 0 aliphatic carbocycles. The summed E-state index contributed by atoms with van der Waals surface area (Å²) in [5, 5.41) is 0. The van der Waals surface area contributed by atoms with E-state index in [9.17, 15) is 0 Å². The van der Waals surface area contributed by atoms with Crippen LogP contribution < -0.4 is 4.74 Å². The lowest BCUT2D eigenvalue weighted by Crippen LogP contribution is -2.23. The second kappa shape index (κ2) is 8.44. The number of hydrogen-bond acceptors (Lipinski definition) is 4. The predicted octanol–water partition coefficient (Wildman–Crippen LogP) is 3.30. The summed E-state index contributed by atoms with van der Waals surface area (Å²) >= 11 is 0. The predicted molar refractivity (Wildman–Crippen MR) is 98.3 cm³/mol. The lowest BCUT2D eigenvalue weighted by molar-refractivity contribution is 0.296. The molecule has 0 saturated heterocycles. The van der Waals surface area contributed by atoms with Crippen molar-refractivity contribution in [2.24, 2.45) is 0 Å². The van der Waals surface area contributed by atoms with Crippen LogP contribution in [0.4, 0.5) is 0 Å². The number of pyridine rings is 1. The first-order valence-electron chi connectivity index (χ1n) is 8.48. The number of likely N-dealkylation sites (N-methyl/N-ethyl adjacent to an activating group) is 1. The molecule has 3 aromatic rings. The number of hydrogen-bond donors (Lipinski definition) is 0. The van der Waals surface area contributed by atoms with E-state index in [1.807, 2.05) is 49.6 Å². The highest BCUT2D eigenvalue weighted by Crippen LogP contribution is 2.16. The fraction of sp³-hybridized carbons (Fsp3) is 0.300. The van der Waals surface area contributed by atoms with Crippen molar-refractivity contribution < 1.29 is 4.74 Å². The summed E-state index contributed by atoms with van der Waals surface area (Å²) in [5.41, 5.74) is 2.17. The summed E-state index contributed by atoms with van der Waals surface area (Å²) in [6.07, 6.45) is 5.65. The van der Waals surface area contributed by atoms with Gasteiger partial charge in [-0.15, -0.1) is 0 Å². The number of ether oxygens (including phenoxy) is 1. The normalized spacial score (nSPS) is 11.0. The van der Waals surface area contributed by atoms with Crippen LogP contribution in [0.1, 0.15) is 17.1 Å². The molecule has 0 unspecified atom stereocenters. The molecular formula is C20H24N4O.